The highest BCUT2D eigenvalue weighted by atomic mass is 16.5. The van der Waals surface area contributed by atoms with E-state index in [0.29, 0.717) is 17.7 Å². The van der Waals surface area contributed by atoms with Crippen LogP contribution in [0.25, 0.3) is 11.3 Å². The molecule has 2 aliphatic heterocycles. The lowest BCUT2D eigenvalue weighted by molar-refractivity contribution is 0.0472. The summed E-state index contributed by atoms with van der Waals surface area (Å²) in [5, 5.41) is 9.29. The zero-order valence-electron chi connectivity index (χ0n) is 15.8. The Kier molecular flexibility index (Phi) is 4.29. The summed E-state index contributed by atoms with van der Waals surface area (Å²) in [5.74, 6) is 0.620. The summed E-state index contributed by atoms with van der Waals surface area (Å²) in [4.78, 5) is 14.8. The molecule has 1 amide bonds. The van der Waals surface area contributed by atoms with Gasteiger partial charge in [0.25, 0.3) is 5.91 Å². The van der Waals surface area contributed by atoms with Crippen molar-refractivity contribution < 1.29 is 9.32 Å². The normalized spacial score (nSPS) is 24.9. The van der Waals surface area contributed by atoms with Crippen LogP contribution >= 0.6 is 0 Å². The molecule has 3 heterocycles. The molecule has 0 unspecified atom stereocenters. The fourth-order valence-electron chi connectivity index (χ4n) is 4.11. The first-order chi connectivity index (χ1) is 13.7. The maximum atomic E-state index is 12.5. The molecule has 8 heteroatoms. The third kappa shape index (κ3) is 3.14. The van der Waals surface area contributed by atoms with Gasteiger partial charge in [0.15, 0.2) is 0 Å². The number of carbonyl (C=O) groups excluding carboxylic acids is 1. The molecule has 3 N–H and O–H groups in total. The summed E-state index contributed by atoms with van der Waals surface area (Å²) in [5.41, 5.74) is 9.27. The second-order valence-corrected chi connectivity index (χ2v) is 7.85. The Morgan fingerprint density at radius 1 is 1.25 bits per heavy atom. The maximum Gasteiger partial charge on any atom is 0.290 e. The highest BCUT2D eigenvalue weighted by molar-refractivity contribution is 5.92. The highest BCUT2D eigenvalue weighted by Crippen LogP contribution is 2.33. The van der Waals surface area contributed by atoms with E-state index in [1.165, 1.54) is 5.70 Å². The predicted molar refractivity (Wildman–Crippen MR) is 103 cm³/mol. The van der Waals surface area contributed by atoms with Crippen LogP contribution in [0.15, 0.2) is 52.8 Å². The fourth-order valence-corrected chi connectivity index (χ4v) is 4.11. The first-order valence-corrected chi connectivity index (χ1v) is 9.69. The summed E-state index contributed by atoms with van der Waals surface area (Å²) >= 11 is 0. The summed E-state index contributed by atoms with van der Waals surface area (Å²) in [6.45, 7) is 2.18. The van der Waals surface area contributed by atoms with Gasteiger partial charge in [-0.2, -0.15) is 0 Å². The molecule has 1 aromatic carbocycles. The van der Waals surface area contributed by atoms with E-state index in [1.807, 2.05) is 30.3 Å². The van der Waals surface area contributed by atoms with Crippen LogP contribution in [0, 0.1) is 5.92 Å². The molecular weight excluding hydrogens is 356 g/mol. The second kappa shape index (κ2) is 6.96. The van der Waals surface area contributed by atoms with E-state index in [2.05, 4.69) is 44.6 Å². The van der Waals surface area contributed by atoms with Crippen molar-refractivity contribution >= 4 is 5.91 Å². The van der Waals surface area contributed by atoms with E-state index < -0.39 is 0 Å². The van der Waals surface area contributed by atoms with E-state index >= 15 is 0 Å². The number of amides is 1. The number of hydrazine groups is 2. The molecule has 1 aliphatic carbocycles. The van der Waals surface area contributed by atoms with E-state index in [4.69, 9.17) is 4.52 Å². The number of nitrogens with zero attached hydrogens (tertiary/aromatic N) is 3. The number of nitrogens with one attached hydrogen (secondary N) is 3. The maximum absolute atomic E-state index is 12.5. The van der Waals surface area contributed by atoms with Gasteiger partial charge in [-0.15, -0.1) is 5.53 Å². The lowest BCUT2D eigenvalue weighted by Crippen LogP contribution is -2.59. The number of carbonyl (C=O) groups is 1. The molecule has 0 spiro atoms. The number of rotatable bonds is 5. The molecule has 1 aromatic heterocycles. The van der Waals surface area contributed by atoms with Gasteiger partial charge in [0, 0.05) is 42.9 Å². The zero-order valence-corrected chi connectivity index (χ0v) is 15.8. The van der Waals surface area contributed by atoms with Crippen molar-refractivity contribution in [3.05, 3.63) is 54.1 Å². The van der Waals surface area contributed by atoms with Crippen molar-refractivity contribution in [2.45, 2.75) is 24.9 Å². The number of aromatic nitrogens is 1. The van der Waals surface area contributed by atoms with Crippen molar-refractivity contribution in [3.8, 4) is 11.3 Å². The Bertz CT molecular complexity index is 883. The van der Waals surface area contributed by atoms with Gasteiger partial charge in [-0.25, -0.2) is 0 Å². The minimum absolute atomic E-state index is 0.149. The lowest BCUT2D eigenvalue weighted by Gasteiger charge is -2.46. The molecule has 3 aliphatic rings. The number of benzene rings is 1. The average Bonchev–Trinajstić information content (AvgIpc) is 3.32. The van der Waals surface area contributed by atoms with Gasteiger partial charge in [0.2, 0.25) is 5.76 Å². The van der Waals surface area contributed by atoms with Crippen LogP contribution in [0.1, 0.15) is 23.4 Å². The second-order valence-electron chi connectivity index (χ2n) is 7.85. The third-order valence-electron chi connectivity index (χ3n) is 5.78. The van der Waals surface area contributed by atoms with Crippen LogP contribution in [0.2, 0.25) is 0 Å². The van der Waals surface area contributed by atoms with Gasteiger partial charge >= 0.3 is 0 Å². The van der Waals surface area contributed by atoms with Crippen LogP contribution in [0.3, 0.4) is 0 Å². The Morgan fingerprint density at radius 3 is 2.79 bits per heavy atom. The Morgan fingerprint density at radius 2 is 2.04 bits per heavy atom. The van der Waals surface area contributed by atoms with Crippen LogP contribution in [-0.4, -0.2) is 53.2 Å². The summed E-state index contributed by atoms with van der Waals surface area (Å²) in [6, 6.07) is 11.9. The number of likely N-dealkylation sites (tertiary alicyclic amines) is 1. The molecule has 8 nitrogen and oxygen atoms in total. The average molecular weight is 380 g/mol. The minimum atomic E-state index is -0.206. The molecule has 2 fully saturated rings. The standard InChI is InChI=1S/C20H24N6O2/c1-25-11-14(12-25)18-10-21-24-26(18)16-7-15(8-16)22-20(27)19-9-17(23-28-19)13-5-3-2-4-6-13/h2-6,9-10,14-16,21,24H,7-8,11-12H2,1H3,(H,22,27). The van der Waals surface area contributed by atoms with E-state index in [0.717, 1.165) is 31.5 Å². The summed E-state index contributed by atoms with van der Waals surface area (Å²) in [6.07, 6.45) is 3.86. The topological polar surface area (TPSA) is 85.7 Å². The first-order valence-electron chi connectivity index (χ1n) is 9.69. The molecule has 5 rings (SSSR count). The predicted octanol–water partition coefficient (Wildman–Crippen LogP) is 1.33. The highest BCUT2D eigenvalue weighted by Gasteiger charge is 2.41. The Labute approximate surface area is 163 Å². The smallest absolute Gasteiger partial charge is 0.290 e. The molecule has 146 valence electrons. The van der Waals surface area contributed by atoms with E-state index in [1.54, 1.807) is 6.07 Å². The molecule has 0 atom stereocenters. The number of hydrogen-bond acceptors (Lipinski definition) is 7. The van der Waals surface area contributed by atoms with Crippen molar-refractivity contribution in [1.29, 1.82) is 0 Å². The first kappa shape index (κ1) is 17.3. The zero-order chi connectivity index (χ0) is 19.1. The molecule has 2 aromatic rings. The van der Waals surface area contributed by atoms with Crippen LogP contribution in [0.5, 0.6) is 0 Å². The van der Waals surface area contributed by atoms with Gasteiger partial charge in [-0.05, 0) is 19.9 Å². The monoisotopic (exact) mass is 380 g/mol. The third-order valence-corrected chi connectivity index (χ3v) is 5.78. The molecule has 0 radical (unpaired) electrons. The van der Waals surface area contributed by atoms with Gasteiger partial charge in [-0.3, -0.25) is 9.80 Å². The fraction of sp³-hybridized carbons (Fsp3) is 0.400. The lowest BCUT2D eigenvalue weighted by atomic mass is 9.84. The summed E-state index contributed by atoms with van der Waals surface area (Å²) < 4.78 is 5.25. The summed E-state index contributed by atoms with van der Waals surface area (Å²) in [7, 11) is 2.14. The van der Waals surface area contributed by atoms with Gasteiger partial charge in [-0.1, -0.05) is 35.5 Å². The molecule has 0 bridgehead atoms. The van der Waals surface area contributed by atoms with E-state index in [9.17, 15) is 4.79 Å². The minimum Gasteiger partial charge on any atom is -0.350 e. The Hall–Kier alpha value is -2.84. The van der Waals surface area contributed by atoms with Crippen molar-refractivity contribution in [1.82, 2.24) is 31.3 Å². The number of hydrogen-bond donors (Lipinski definition) is 3. The van der Waals surface area contributed by atoms with Crippen molar-refractivity contribution in [2.24, 2.45) is 5.92 Å². The van der Waals surface area contributed by atoms with Gasteiger partial charge in [0.1, 0.15) is 5.69 Å². The molecule has 28 heavy (non-hydrogen) atoms. The molecular formula is C20H24N6O2. The van der Waals surface area contributed by atoms with Crippen molar-refractivity contribution in [2.75, 3.05) is 20.1 Å². The van der Waals surface area contributed by atoms with E-state index in [-0.39, 0.29) is 17.7 Å². The Balaban J connectivity index is 1.14. The SMILES string of the molecule is CN1CC(C2=CNNN2C2CC(NC(=O)c3cc(-c4ccccc4)no3)C2)C1. The van der Waals surface area contributed by atoms with Crippen LogP contribution < -0.4 is 16.3 Å². The van der Waals surface area contributed by atoms with Crippen LogP contribution in [0.4, 0.5) is 0 Å². The molecule has 1 saturated heterocycles. The quantitative estimate of drug-likeness (QED) is 0.722. The van der Waals surface area contributed by atoms with Crippen molar-refractivity contribution in [3.63, 3.8) is 0 Å². The van der Waals surface area contributed by atoms with Gasteiger partial charge < -0.3 is 20.2 Å². The largest absolute Gasteiger partial charge is 0.350 e. The van der Waals surface area contributed by atoms with Gasteiger partial charge in [0.05, 0.1) is 11.7 Å². The van der Waals surface area contributed by atoms with Crippen LogP contribution in [-0.2, 0) is 0 Å². The molecule has 1 saturated carbocycles.